The van der Waals surface area contributed by atoms with E-state index in [9.17, 15) is 9.59 Å². The van der Waals surface area contributed by atoms with E-state index in [0.29, 0.717) is 25.3 Å². The first kappa shape index (κ1) is 18.2. The highest BCUT2D eigenvalue weighted by Crippen LogP contribution is 2.12. The Bertz CT molecular complexity index is 532. The zero-order valence-corrected chi connectivity index (χ0v) is 14.2. The van der Waals surface area contributed by atoms with Crippen LogP contribution < -0.4 is 5.32 Å². The summed E-state index contributed by atoms with van der Waals surface area (Å²) in [5.74, 6) is -0.412. The van der Waals surface area contributed by atoms with E-state index in [4.69, 9.17) is 9.47 Å². The van der Waals surface area contributed by atoms with Crippen LogP contribution in [0.5, 0.6) is 0 Å². The van der Waals surface area contributed by atoms with E-state index in [1.54, 1.807) is 12.3 Å². The van der Waals surface area contributed by atoms with Crippen molar-refractivity contribution in [1.29, 1.82) is 0 Å². The number of ether oxygens (including phenoxy) is 2. The number of thiazole rings is 1. The second-order valence-electron chi connectivity index (χ2n) is 5.41. The van der Waals surface area contributed by atoms with E-state index < -0.39 is 17.7 Å². The smallest absolute Gasteiger partial charge is 0.407 e. The first-order valence-electron chi connectivity index (χ1n) is 7.08. The Hall–Kier alpha value is -1.89. The first-order valence-corrected chi connectivity index (χ1v) is 7.96. The van der Waals surface area contributed by atoms with E-state index in [2.05, 4.69) is 10.3 Å². The number of rotatable bonds is 6. The van der Waals surface area contributed by atoms with Gasteiger partial charge in [-0.15, -0.1) is 11.3 Å². The van der Waals surface area contributed by atoms with Crippen LogP contribution in [-0.4, -0.2) is 35.8 Å². The third kappa shape index (κ3) is 7.21. The molecular weight excluding hydrogens is 304 g/mol. The fourth-order valence-corrected chi connectivity index (χ4v) is 2.13. The van der Waals surface area contributed by atoms with Crippen molar-refractivity contribution in [3.8, 4) is 0 Å². The molecule has 1 aromatic rings. The maximum Gasteiger partial charge on any atom is 0.407 e. The molecule has 0 aliphatic rings. The lowest BCUT2D eigenvalue weighted by Crippen LogP contribution is -2.32. The normalized spacial score (nSPS) is 11.5. The lowest BCUT2D eigenvalue weighted by molar-refractivity contribution is 0.0513. The third-order valence-corrected chi connectivity index (χ3v) is 3.06. The van der Waals surface area contributed by atoms with Crippen LogP contribution in [0.3, 0.4) is 0 Å². The summed E-state index contributed by atoms with van der Waals surface area (Å²) in [5.41, 5.74) is -0.178. The number of hydrogen-bond donors (Lipinski definition) is 1. The maximum absolute atomic E-state index is 11.5. The zero-order valence-electron chi connectivity index (χ0n) is 13.3. The summed E-state index contributed by atoms with van der Waals surface area (Å²) in [7, 11) is 0. The summed E-state index contributed by atoms with van der Waals surface area (Å²) in [4.78, 5) is 27.0. The van der Waals surface area contributed by atoms with Crippen molar-refractivity contribution in [2.75, 3.05) is 13.2 Å². The number of esters is 1. The van der Waals surface area contributed by atoms with Gasteiger partial charge in [0, 0.05) is 11.9 Å². The zero-order chi connectivity index (χ0) is 16.6. The summed E-state index contributed by atoms with van der Waals surface area (Å²) in [6.45, 7) is 8.00. The third-order valence-electron chi connectivity index (χ3n) is 2.25. The molecule has 22 heavy (non-hydrogen) atoms. The topological polar surface area (TPSA) is 77.5 Å². The Morgan fingerprint density at radius 1 is 1.41 bits per heavy atom. The number of carbonyl (C=O) groups excluding carboxylic acids is 2. The molecule has 0 radical (unpaired) electrons. The molecule has 0 atom stereocenters. The number of alkyl carbamates (subject to hydrolysis) is 1. The molecule has 122 valence electrons. The molecule has 0 saturated heterocycles. The highest BCUT2D eigenvalue weighted by Gasteiger charge is 2.15. The minimum Gasteiger partial charge on any atom is -0.461 e. The van der Waals surface area contributed by atoms with Crippen LogP contribution in [0, 0.1) is 0 Å². The lowest BCUT2D eigenvalue weighted by Gasteiger charge is -2.19. The van der Waals surface area contributed by atoms with E-state index in [-0.39, 0.29) is 0 Å². The molecule has 1 N–H and O–H groups in total. The molecule has 1 rings (SSSR count). The van der Waals surface area contributed by atoms with E-state index in [1.165, 1.54) is 11.3 Å². The molecule has 0 aliphatic carbocycles. The molecule has 1 amide bonds. The molecule has 1 aromatic heterocycles. The molecule has 1 heterocycles. The Kier molecular flexibility index (Phi) is 7.04. The molecular formula is C15H22N2O4S. The maximum atomic E-state index is 11.5. The largest absolute Gasteiger partial charge is 0.461 e. The summed E-state index contributed by atoms with van der Waals surface area (Å²) in [6, 6.07) is 0. The van der Waals surface area contributed by atoms with Crippen molar-refractivity contribution >= 4 is 29.5 Å². The fourth-order valence-electron chi connectivity index (χ4n) is 1.42. The SMILES string of the molecule is CCOC(=O)c1csc(C=CCCNC(=O)OC(C)(C)C)n1. The van der Waals surface area contributed by atoms with Crippen LogP contribution in [0.1, 0.15) is 49.6 Å². The van der Waals surface area contributed by atoms with Crippen LogP contribution in [0.4, 0.5) is 4.79 Å². The second kappa shape index (κ2) is 8.53. The predicted octanol–water partition coefficient (Wildman–Crippen LogP) is 3.25. The van der Waals surface area contributed by atoms with Gasteiger partial charge in [0.1, 0.15) is 10.6 Å². The van der Waals surface area contributed by atoms with Gasteiger partial charge < -0.3 is 14.8 Å². The van der Waals surface area contributed by atoms with Crippen molar-refractivity contribution in [3.05, 3.63) is 22.2 Å². The standard InChI is InChI=1S/C15H22N2O4S/c1-5-20-13(18)11-10-22-12(17-11)8-6-7-9-16-14(19)21-15(2,3)4/h6,8,10H,5,7,9H2,1-4H3,(H,16,19). The number of aromatic nitrogens is 1. The number of nitrogens with one attached hydrogen (secondary N) is 1. The molecule has 0 aromatic carbocycles. The minimum atomic E-state index is -0.496. The van der Waals surface area contributed by atoms with E-state index in [1.807, 2.05) is 32.9 Å². The lowest BCUT2D eigenvalue weighted by atomic mass is 10.2. The summed E-state index contributed by atoms with van der Waals surface area (Å²) in [5, 5.41) is 5.05. The molecule has 7 heteroatoms. The van der Waals surface area contributed by atoms with E-state index >= 15 is 0 Å². The molecule has 0 fully saturated rings. The average molecular weight is 326 g/mol. The number of carbonyl (C=O) groups is 2. The number of nitrogens with zero attached hydrogens (tertiary/aromatic N) is 1. The fraction of sp³-hybridized carbons (Fsp3) is 0.533. The highest BCUT2D eigenvalue weighted by atomic mass is 32.1. The first-order chi connectivity index (χ1) is 10.3. The van der Waals surface area contributed by atoms with Crippen molar-refractivity contribution in [3.63, 3.8) is 0 Å². The van der Waals surface area contributed by atoms with Gasteiger partial charge in [-0.25, -0.2) is 14.6 Å². The van der Waals surface area contributed by atoms with Gasteiger partial charge in [0.2, 0.25) is 0 Å². The van der Waals surface area contributed by atoms with Gasteiger partial charge in [0.05, 0.1) is 6.61 Å². The van der Waals surface area contributed by atoms with Crippen LogP contribution in [0.2, 0.25) is 0 Å². The van der Waals surface area contributed by atoms with Crippen LogP contribution in [0.25, 0.3) is 6.08 Å². The second-order valence-corrected chi connectivity index (χ2v) is 6.30. The van der Waals surface area contributed by atoms with Crippen molar-refractivity contribution in [1.82, 2.24) is 10.3 Å². The molecule has 6 nitrogen and oxygen atoms in total. The van der Waals surface area contributed by atoms with Crippen molar-refractivity contribution in [2.45, 2.75) is 39.7 Å². The van der Waals surface area contributed by atoms with Gasteiger partial charge in [-0.1, -0.05) is 6.08 Å². The Morgan fingerprint density at radius 2 is 2.14 bits per heavy atom. The number of amides is 1. The quantitative estimate of drug-likeness (QED) is 0.641. The molecule has 0 spiro atoms. The van der Waals surface area contributed by atoms with Crippen LogP contribution in [-0.2, 0) is 9.47 Å². The molecule has 0 saturated carbocycles. The molecule has 0 unspecified atom stereocenters. The van der Waals surface area contributed by atoms with E-state index in [0.717, 1.165) is 5.01 Å². The van der Waals surface area contributed by atoms with Crippen molar-refractivity contribution < 1.29 is 19.1 Å². The Balaban J connectivity index is 2.32. The monoisotopic (exact) mass is 326 g/mol. The van der Waals surface area contributed by atoms with Gasteiger partial charge in [-0.2, -0.15) is 0 Å². The average Bonchev–Trinajstić information content (AvgIpc) is 2.85. The molecule has 0 aliphatic heterocycles. The van der Waals surface area contributed by atoms with Crippen LogP contribution in [0.15, 0.2) is 11.5 Å². The summed E-state index contributed by atoms with van der Waals surface area (Å²) in [6.07, 6.45) is 3.91. The van der Waals surface area contributed by atoms with Gasteiger partial charge >= 0.3 is 12.1 Å². The minimum absolute atomic E-state index is 0.318. The Morgan fingerprint density at radius 3 is 2.77 bits per heavy atom. The summed E-state index contributed by atoms with van der Waals surface area (Å²) >= 11 is 1.37. The predicted molar refractivity (Wildman–Crippen MR) is 86.0 cm³/mol. The van der Waals surface area contributed by atoms with Gasteiger partial charge in [-0.05, 0) is 40.2 Å². The van der Waals surface area contributed by atoms with Gasteiger partial charge in [0.15, 0.2) is 5.69 Å². The van der Waals surface area contributed by atoms with Gasteiger partial charge in [-0.3, -0.25) is 0 Å². The van der Waals surface area contributed by atoms with Crippen LogP contribution >= 0.6 is 11.3 Å². The molecule has 0 bridgehead atoms. The number of hydrogen-bond acceptors (Lipinski definition) is 6. The Labute approximate surface area is 134 Å². The highest BCUT2D eigenvalue weighted by molar-refractivity contribution is 7.10. The summed E-state index contributed by atoms with van der Waals surface area (Å²) < 4.78 is 9.99. The van der Waals surface area contributed by atoms with Gasteiger partial charge in [0.25, 0.3) is 0 Å². The van der Waals surface area contributed by atoms with Crippen molar-refractivity contribution in [2.24, 2.45) is 0 Å².